The Kier molecular flexibility index (Phi) is 5.40. The molecular formula is C11H24N2. The summed E-state index contributed by atoms with van der Waals surface area (Å²) in [5.41, 5.74) is 0. The van der Waals surface area contributed by atoms with Crippen molar-refractivity contribution in [2.24, 2.45) is 0 Å². The molecule has 0 aromatic heterocycles. The van der Waals surface area contributed by atoms with E-state index in [-0.39, 0.29) is 0 Å². The molecule has 1 saturated heterocycles. The standard InChI is InChI=1S/C11H24N2/c1-3-4-8-12-10-11-7-5-6-9-13(11)2/h11-12H,3-10H2,1-2H3. The van der Waals surface area contributed by atoms with Crippen LogP contribution in [0.1, 0.15) is 39.0 Å². The van der Waals surface area contributed by atoms with Gasteiger partial charge in [-0.25, -0.2) is 0 Å². The fourth-order valence-electron chi connectivity index (χ4n) is 1.97. The van der Waals surface area contributed by atoms with E-state index in [4.69, 9.17) is 0 Å². The molecule has 1 heterocycles. The summed E-state index contributed by atoms with van der Waals surface area (Å²) in [5.74, 6) is 0. The van der Waals surface area contributed by atoms with Gasteiger partial charge < -0.3 is 10.2 Å². The zero-order chi connectivity index (χ0) is 9.52. The number of unbranched alkanes of at least 4 members (excludes halogenated alkanes) is 1. The second-order valence-electron chi connectivity index (χ2n) is 4.19. The molecule has 13 heavy (non-hydrogen) atoms. The van der Waals surface area contributed by atoms with Crippen LogP contribution in [0.5, 0.6) is 0 Å². The first-order chi connectivity index (χ1) is 6.34. The Morgan fingerprint density at radius 2 is 2.23 bits per heavy atom. The predicted molar refractivity (Wildman–Crippen MR) is 58.0 cm³/mol. The Balaban J connectivity index is 2.05. The zero-order valence-electron chi connectivity index (χ0n) is 9.18. The lowest BCUT2D eigenvalue weighted by molar-refractivity contribution is 0.182. The van der Waals surface area contributed by atoms with Crippen molar-refractivity contribution in [1.82, 2.24) is 10.2 Å². The van der Waals surface area contributed by atoms with E-state index in [1.54, 1.807) is 0 Å². The van der Waals surface area contributed by atoms with Crippen molar-refractivity contribution >= 4 is 0 Å². The summed E-state index contributed by atoms with van der Waals surface area (Å²) in [6.07, 6.45) is 6.81. The van der Waals surface area contributed by atoms with E-state index >= 15 is 0 Å². The van der Waals surface area contributed by atoms with E-state index in [9.17, 15) is 0 Å². The summed E-state index contributed by atoms with van der Waals surface area (Å²) >= 11 is 0. The molecule has 0 aliphatic carbocycles. The van der Waals surface area contributed by atoms with Crippen LogP contribution in [-0.2, 0) is 0 Å². The summed E-state index contributed by atoms with van der Waals surface area (Å²) in [6.45, 7) is 5.92. The molecule has 1 fully saturated rings. The molecule has 1 aliphatic heterocycles. The van der Waals surface area contributed by atoms with Gasteiger partial charge in [-0.2, -0.15) is 0 Å². The maximum atomic E-state index is 3.54. The van der Waals surface area contributed by atoms with E-state index in [0.29, 0.717) is 0 Å². The predicted octanol–water partition coefficient (Wildman–Crippen LogP) is 1.86. The molecule has 1 N–H and O–H groups in total. The van der Waals surface area contributed by atoms with E-state index in [2.05, 4.69) is 24.2 Å². The van der Waals surface area contributed by atoms with Crippen molar-refractivity contribution in [3.8, 4) is 0 Å². The van der Waals surface area contributed by atoms with E-state index < -0.39 is 0 Å². The van der Waals surface area contributed by atoms with Gasteiger partial charge in [-0.1, -0.05) is 19.8 Å². The van der Waals surface area contributed by atoms with Crippen LogP contribution in [0, 0.1) is 0 Å². The minimum absolute atomic E-state index is 0.797. The Hall–Kier alpha value is -0.0800. The average molecular weight is 184 g/mol. The number of piperidine rings is 1. The first kappa shape index (κ1) is 11.0. The van der Waals surface area contributed by atoms with E-state index in [1.807, 2.05) is 0 Å². The molecule has 0 amide bonds. The van der Waals surface area contributed by atoms with Crippen LogP contribution in [0.2, 0.25) is 0 Å². The molecule has 0 aromatic carbocycles. The average Bonchev–Trinajstić information content (AvgIpc) is 2.15. The van der Waals surface area contributed by atoms with Gasteiger partial charge >= 0.3 is 0 Å². The van der Waals surface area contributed by atoms with Crippen LogP contribution in [0.15, 0.2) is 0 Å². The normalized spacial score (nSPS) is 24.9. The van der Waals surface area contributed by atoms with Crippen molar-refractivity contribution in [3.05, 3.63) is 0 Å². The molecule has 1 unspecified atom stereocenters. The number of hydrogen-bond acceptors (Lipinski definition) is 2. The Bertz CT molecular complexity index is 125. The first-order valence-electron chi connectivity index (χ1n) is 5.75. The van der Waals surface area contributed by atoms with Gasteiger partial charge in [-0.3, -0.25) is 0 Å². The SMILES string of the molecule is CCCCNCC1CCCCN1C. The first-order valence-corrected chi connectivity index (χ1v) is 5.75. The van der Waals surface area contributed by atoms with Crippen LogP contribution < -0.4 is 5.32 Å². The van der Waals surface area contributed by atoms with Gasteiger partial charge in [-0.15, -0.1) is 0 Å². The van der Waals surface area contributed by atoms with Crippen molar-refractivity contribution in [1.29, 1.82) is 0 Å². The summed E-state index contributed by atoms with van der Waals surface area (Å²) in [4.78, 5) is 2.50. The molecule has 0 saturated carbocycles. The second-order valence-corrected chi connectivity index (χ2v) is 4.19. The highest BCUT2D eigenvalue weighted by Gasteiger charge is 2.17. The Labute approximate surface area is 82.7 Å². The maximum absolute atomic E-state index is 3.54. The zero-order valence-corrected chi connectivity index (χ0v) is 9.18. The van der Waals surface area contributed by atoms with Crippen LogP contribution in [0.3, 0.4) is 0 Å². The van der Waals surface area contributed by atoms with Crippen LogP contribution in [-0.4, -0.2) is 37.6 Å². The Morgan fingerprint density at radius 1 is 1.38 bits per heavy atom. The fourth-order valence-corrected chi connectivity index (χ4v) is 1.97. The Morgan fingerprint density at radius 3 is 2.92 bits per heavy atom. The summed E-state index contributed by atoms with van der Waals surface area (Å²) < 4.78 is 0. The molecular weight excluding hydrogens is 160 g/mol. The highest BCUT2D eigenvalue weighted by molar-refractivity contribution is 4.75. The van der Waals surface area contributed by atoms with Gasteiger partial charge in [0, 0.05) is 12.6 Å². The van der Waals surface area contributed by atoms with Gasteiger partial charge in [0.25, 0.3) is 0 Å². The number of nitrogens with one attached hydrogen (secondary N) is 1. The molecule has 1 atom stereocenters. The summed E-state index contributed by atoms with van der Waals surface area (Å²) in [5, 5.41) is 3.54. The number of hydrogen-bond donors (Lipinski definition) is 1. The van der Waals surface area contributed by atoms with Crippen LogP contribution in [0.25, 0.3) is 0 Å². The van der Waals surface area contributed by atoms with Crippen LogP contribution >= 0.6 is 0 Å². The van der Waals surface area contributed by atoms with Crippen molar-refractivity contribution in [2.75, 3.05) is 26.7 Å². The van der Waals surface area contributed by atoms with Crippen molar-refractivity contribution < 1.29 is 0 Å². The third-order valence-corrected chi connectivity index (χ3v) is 3.01. The van der Waals surface area contributed by atoms with E-state index in [1.165, 1.54) is 51.7 Å². The fraction of sp³-hybridized carbons (Fsp3) is 1.00. The van der Waals surface area contributed by atoms with Gasteiger partial charge in [0.1, 0.15) is 0 Å². The van der Waals surface area contributed by atoms with Gasteiger partial charge in [0.2, 0.25) is 0 Å². The number of nitrogens with zero attached hydrogens (tertiary/aromatic N) is 1. The smallest absolute Gasteiger partial charge is 0.0217 e. The molecule has 78 valence electrons. The largest absolute Gasteiger partial charge is 0.315 e. The lowest BCUT2D eigenvalue weighted by Crippen LogP contribution is -2.43. The molecule has 2 nitrogen and oxygen atoms in total. The third-order valence-electron chi connectivity index (χ3n) is 3.01. The molecule has 0 spiro atoms. The number of rotatable bonds is 5. The number of likely N-dealkylation sites (N-methyl/N-ethyl adjacent to an activating group) is 1. The lowest BCUT2D eigenvalue weighted by atomic mass is 10.0. The molecule has 0 bridgehead atoms. The lowest BCUT2D eigenvalue weighted by Gasteiger charge is -2.32. The maximum Gasteiger partial charge on any atom is 0.0217 e. The monoisotopic (exact) mass is 184 g/mol. The molecule has 0 radical (unpaired) electrons. The quantitative estimate of drug-likeness (QED) is 0.656. The van der Waals surface area contributed by atoms with Gasteiger partial charge in [0.05, 0.1) is 0 Å². The molecule has 2 heteroatoms. The van der Waals surface area contributed by atoms with Crippen molar-refractivity contribution in [3.63, 3.8) is 0 Å². The van der Waals surface area contributed by atoms with Crippen LogP contribution in [0.4, 0.5) is 0 Å². The highest BCUT2D eigenvalue weighted by Crippen LogP contribution is 2.13. The summed E-state index contributed by atoms with van der Waals surface area (Å²) in [7, 11) is 2.26. The highest BCUT2D eigenvalue weighted by atomic mass is 15.2. The summed E-state index contributed by atoms with van der Waals surface area (Å²) in [6, 6.07) is 0.797. The number of likely N-dealkylation sites (tertiary alicyclic amines) is 1. The topological polar surface area (TPSA) is 15.3 Å². The van der Waals surface area contributed by atoms with Gasteiger partial charge in [-0.05, 0) is 39.4 Å². The molecule has 1 aliphatic rings. The minimum Gasteiger partial charge on any atom is -0.315 e. The van der Waals surface area contributed by atoms with Gasteiger partial charge in [0.15, 0.2) is 0 Å². The minimum atomic E-state index is 0.797. The van der Waals surface area contributed by atoms with E-state index in [0.717, 1.165) is 6.04 Å². The second kappa shape index (κ2) is 6.39. The third kappa shape index (κ3) is 4.10. The van der Waals surface area contributed by atoms with Crippen molar-refractivity contribution in [2.45, 2.75) is 45.1 Å². The molecule has 0 aromatic rings. The molecule has 1 rings (SSSR count).